The first-order valence-corrected chi connectivity index (χ1v) is 7.23. The van der Waals surface area contributed by atoms with Gasteiger partial charge in [0.25, 0.3) is 0 Å². The van der Waals surface area contributed by atoms with Gasteiger partial charge in [-0.2, -0.15) is 0 Å². The number of nitrogens with one attached hydrogen (secondary N) is 2. The average molecular weight is 263 g/mol. The highest BCUT2D eigenvalue weighted by atomic mass is 15.2. The van der Waals surface area contributed by atoms with E-state index in [4.69, 9.17) is 0 Å². The van der Waals surface area contributed by atoms with Crippen LogP contribution >= 0.6 is 0 Å². The zero-order valence-corrected chi connectivity index (χ0v) is 12.2. The Hall–Kier alpha value is -1.36. The van der Waals surface area contributed by atoms with Crippen LogP contribution in [0.3, 0.4) is 0 Å². The SMILES string of the molecule is CCCCN(C)c1cc(NC2CCNC2)nc(C)n1. The molecule has 2 N–H and O–H groups in total. The molecule has 19 heavy (non-hydrogen) atoms. The zero-order chi connectivity index (χ0) is 13.7. The van der Waals surface area contributed by atoms with E-state index >= 15 is 0 Å². The van der Waals surface area contributed by atoms with Crippen molar-refractivity contribution in [2.75, 3.05) is 36.9 Å². The minimum absolute atomic E-state index is 0.489. The summed E-state index contributed by atoms with van der Waals surface area (Å²) in [4.78, 5) is 11.2. The molecule has 5 nitrogen and oxygen atoms in total. The molecule has 2 heterocycles. The fourth-order valence-corrected chi connectivity index (χ4v) is 2.32. The lowest BCUT2D eigenvalue weighted by molar-refractivity contribution is 0.753. The van der Waals surface area contributed by atoms with Crippen molar-refractivity contribution in [2.24, 2.45) is 0 Å². The molecule has 0 saturated carbocycles. The number of rotatable bonds is 6. The van der Waals surface area contributed by atoms with Crippen LogP contribution in [-0.4, -0.2) is 42.7 Å². The number of anilines is 2. The molecule has 1 fully saturated rings. The fourth-order valence-electron chi connectivity index (χ4n) is 2.32. The van der Waals surface area contributed by atoms with E-state index in [9.17, 15) is 0 Å². The van der Waals surface area contributed by atoms with Crippen LogP contribution in [0.5, 0.6) is 0 Å². The fraction of sp³-hybridized carbons (Fsp3) is 0.714. The first-order valence-electron chi connectivity index (χ1n) is 7.23. The summed E-state index contributed by atoms with van der Waals surface area (Å²) in [6, 6.07) is 2.55. The maximum absolute atomic E-state index is 4.52. The van der Waals surface area contributed by atoms with E-state index in [-0.39, 0.29) is 0 Å². The van der Waals surface area contributed by atoms with Crippen molar-refractivity contribution in [3.05, 3.63) is 11.9 Å². The number of unbranched alkanes of at least 4 members (excludes halogenated alkanes) is 1. The first kappa shape index (κ1) is 14.1. The molecule has 5 heteroatoms. The van der Waals surface area contributed by atoms with Crippen molar-refractivity contribution in [2.45, 2.75) is 39.2 Å². The second-order valence-corrected chi connectivity index (χ2v) is 5.27. The lowest BCUT2D eigenvalue weighted by Gasteiger charge is -2.20. The standard InChI is InChI=1S/C14H25N5/c1-4-5-8-19(3)14-9-13(16-11(2)17-14)18-12-6-7-15-10-12/h9,12,15H,4-8,10H2,1-3H3,(H,16,17,18). The van der Waals surface area contributed by atoms with Crippen molar-refractivity contribution in [3.63, 3.8) is 0 Å². The molecule has 1 unspecified atom stereocenters. The number of nitrogens with zero attached hydrogens (tertiary/aromatic N) is 3. The minimum Gasteiger partial charge on any atom is -0.366 e. The Labute approximate surface area is 115 Å². The molecule has 0 radical (unpaired) electrons. The van der Waals surface area contributed by atoms with E-state index in [1.54, 1.807) is 0 Å². The number of aryl methyl sites for hydroxylation is 1. The normalized spacial score (nSPS) is 18.6. The molecule has 0 bridgehead atoms. The predicted octanol–water partition coefficient (Wildman–Crippen LogP) is 1.80. The Bertz CT molecular complexity index is 401. The third-order valence-corrected chi connectivity index (χ3v) is 3.47. The lowest BCUT2D eigenvalue weighted by atomic mass is 10.2. The van der Waals surface area contributed by atoms with Gasteiger partial charge in [0.2, 0.25) is 0 Å². The number of hydrogen-bond donors (Lipinski definition) is 2. The van der Waals surface area contributed by atoms with E-state index in [0.717, 1.165) is 43.5 Å². The Balaban J connectivity index is 2.05. The van der Waals surface area contributed by atoms with Gasteiger partial charge in [-0.15, -0.1) is 0 Å². The highest BCUT2D eigenvalue weighted by Crippen LogP contribution is 2.17. The Morgan fingerprint density at radius 2 is 2.32 bits per heavy atom. The van der Waals surface area contributed by atoms with Crippen molar-refractivity contribution in [3.8, 4) is 0 Å². The van der Waals surface area contributed by atoms with Crippen LogP contribution < -0.4 is 15.5 Å². The molecule has 1 aliphatic rings. The van der Waals surface area contributed by atoms with E-state index in [1.807, 2.05) is 6.92 Å². The maximum Gasteiger partial charge on any atom is 0.134 e. The van der Waals surface area contributed by atoms with Gasteiger partial charge in [-0.3, -0.25) is 0 Å². The molecule has 2 rings (SSSR count). The summed E-state index contributed by atoms with van der Waals surface area (Å²) in [6.45, 7) is 7.31. The summed E-state index contributed by atoms with van der Waals surface area (Å²) in [6.07, 6.45) is 3.55. The van der Waals surface area contributed by atoms with Gasteiger partial charge in [-0.25, -0.2) is 9.97 Å². The van der Waals surface area contributed by atoms with E-state index in [0.29, 0.717) is 6.04 Å². The predicted molar refractivity (Wildman–Crippen MR) is 79.8 cm³/mol. The quantitative estimate of drug-likeness (QED) is 0.819. The van der Waals surface area contributed by atoms with Crippen LogP contribution in [0.2, 0.25) is 0 Å². The smallest absolute Gasteiger partial charge is 0.134 e. The monoisotopic (exact) mass is 263 g/mol. The topological polar surface area (TPSA) is 53.1 Å². The van der Waals surface area contributed by atoms with E-state index < -0.39 is 0 Å². The largest absolute Gasteiger partial charge is 0.366 e. The summed E-state index contributed by atoms with van der Waals surface area (Å²) in [5.74, 6) is 2.78. The minimum atomic E-state index is 0.489. The maximum atomic E-state index is 4.52. The molecule has 1 aromatic rings. The molecule has 1 atom stereocenters. The molecule has 0 aromatic carbocycles. The Kier molecular flexibility index (Phi) is 4.96. The van der Waals surface area contributed by atoms with Gasteiger partial charge in [-0.1, -0.05) is 13.3 Å². The van der Waals surface area contributed by atoms with Crippen LogP contribution in [0.25, 0.3) is 0 Å². The summed E-state index contributed by atoms with van der Waals surface area (Å²) < 4.78 is 0. The highest BCUT2D eigenvalue weighted by molar-refractivity contribution is 5.49. The molecule has 1 aliphatic heterocycles. The van der Waals surface area contributed by atoms with E-state index in [1.165, 1.54) is 12.8 Å². The summed E-state index contributed by atoms with van der Waals surface area (Å²) in [7, 11) is 2.10. The molecular formula is C14H25N5. The second-order valence-electron chi connectivity index (χ2n) is 5.27. The van der Waals surface area contributed by atoms with Gasteiger partial charge in [0.1, 0.15) is 17.5 Å². The van der Waals surface area contributed by atoms with Crippen molar-refractivity contribution in [1.29, 1.82) is 0 Å². The zero-order valence-electron chi connectivity index (χ0n) is 12.2. The van der Waals surface area contributed by atoms with Gasteiger partial charge >= 0.3 is 0 Å². The van der Waals surface area contributed by atoms with Crippen LogP contribution in [0.1, 0.15) is 32.0 Å². The Morgan fingerprint density at radius 3 is 3.00 bits per heavy atom. The summed E-state index contributed by atoms with van der Waals surface area (Å²) in [5.41, 5.74) is 0. The number of hydrogen-bond acceptors (Lipinski definition) is 5. The highest BCUT2D eigenvalue weighted by Gasteiger charge is 2.15. The third kappa shape index (κ3) is 4.06. The first-order chi connectivity index (χ1) is 9.19. The average Bonchev–Trinajstić information content (AvgIpc) is 2.88. The van der Waals surface area contributed by atoms with E-state index in [2.05, 4.69) is 45.5 Å². The summed E-state index contributed by atoms with van der Waals surface area (Å²) >= 11 is 0. The second kappa shape index (κ2) is 6.70. The molecule has 106 valence electrons. The molecule has 1 aromatic heterocycles. The van der Waals surface area contributed by atoms with Gasteiger partial charge in [-0.05, 0) is 26.3 Å². The van der Waals surface area contributed by atoms with Gasteiger partial charge in [0.15, 0.2) is 0 Å². The number of aromatic nitrogens is 2. The van der Waals surface area contributed by atoms with Crippen LogP contribution in [-0.2, 0) is 0 Å². The molecule has 0 spiro atoms. The lowest BCUT2D eigenvalue weighted by Crippen LogP contribution is -2.24. The van der Waals surface area contributed by atoms with Crippen molar-refractivity contribution >= 4 is 11.6 Å². The molecular weight excluding hydrogens is 238 g/mol. The van der Waals surface area contributed by atoms with Crippen molar-refractivity contribution in [1.82, 2.24) is 15.3 Å². The molecule has 0 aliphatic carbocycles. The third-order valence-electron chi connectivity index (χ3n) is 3.47. The molecule has 1 saturated heterocycles. The molecule has 0 amide bonds. The van der Waals surface area contributed by atoms with Gasteiger partial charge in [0, 0.05) is 32.2 Å². The van der Waals surface area contributed by atoms with Crippen LogP contribution in [0.4, 0.5) is 11.6 Å². The van der Waals surface area contributed by atoms with Crippen LogP contribution in [0, 0.1) is 6.92 Å². The van der Waals surface area contributed by atoms with Gasteiger partial charge < -0.3 is 15.5 Å². The van der Waals surface area contributed by atoms with Gasteiger partial charge in [0.05, 0.1) is 0 Å². The Morgan fingerprint density at radius 1 is 1.47 bits per heavy atom. The summed E-state index contributed by atoms with van der Waals surface area (Å²) in [5, 5.41) is 6.85. The van der Waals surface area contributed by atoms with Crippen molar-refractivity contribution < 1.29 is 0 Å². The van der Waals surface area contributed by atoms with Crippen LogP contribution in [0.15, 0.2) is 6.07 Å².